The van der Waals surface area contributed by atoms with Crippen molar-refractivity contribution in [2.45, 2.75) is 31.4 Å². The SMILES string of the molecule is C=C[C@H]1CN2CC[C@H]1C[C@@H]2[C@@H](O)c1ccnc2ccc(OC)cc12.O=C(O)C1=CCc2ccccc21. The fourth-order valence-electron chi connectivity index (χ4n) is 5.93. The van der Waals surface area contributed by atoms with Crippen molar-refractivity contribution in [2.24, 2.45) is 11.8 Å². The lowest BCUT2D eigenvalue weighted by Crippen LogP contribution is -2.54. The highest BCUT2D eigenvalue weighted by atomic mass is 16.5. The van der Waals surface area contributed by atoms with Gasteiger partial charge in [-0.2, -0.15) is 0 Å². The summed E-state index contributed by atoms with van der Waals surface area (Å²) in [5.41, 5.74) is 4.25. The average Bonchev–Trinajstić information content (AvgIpc) is 3.37. The Hall–Kier alpha value is -3.48. The molecule has 3 fully saturated rings. The maximum atomic E-state index is 11.2. The molecule has 2 aromatic carbocycles. The number of aromatic nitrogens is 1. The second-order valence-electron chi connectivity index (χ2n) is 9.76. The number of carboxylic acid groups (broad SMARTS) is 1. The first-order chi connectivity index (χ1) is 17.5. The summed E-state index contributed by atoms with van der Waals surface area (Å²) in [4.78, 5) is 17.6. The zero-order valence-corrected chi connectivity index (χ0v) is 20.5. The first kappa shape index (κ1) is 24.2. The highest BCUT2D eigenvalue weighted by Gasteiger charge is 2.42. The van der Waals surface area contributed by atoms with E-state index in [2.05, 4.69) is 22.5 Å². The number of benzene rings is 2. The third-order valence-corrected chi connectivity index (χ3v) is 7.88. The summed E-state index contributed by atoms with van der Waals surface area (Å²) >= 11 is 0. The van der Waals surface area contributed by atoms with Gasteiger partial charge in [0.1, 0.15) is 5.75 Å². The molecule has 3 aliphatic heterocycles. The fraction of sp³-hybridized carbons (Fsp3) is 0.333. The molecule has 36 heavy (non-hydrogen) atoms. The Morgan fingerprint density at radius 2 is 2.08 bits per heavy atom. The molecule has 5 atom stereocenters. The van der Waals surface area contributed by atoms with Gasteiger partial charge in [0.25, 0.3) is 0 Å². The van der Waals surface area contributed by atoms with Crippen LogP contribution in [0.2, 0.25) is 0 Å². The second kappa shape index (κ2) is 10.2. The number of pyridine rings is 1. The number of aliphatic hydroxyl groups excluding tert-OH is 1. The van der Waals surface area contributed by atoms with Gasteiger partial charge in [-0.25, -0.2) is 4.79 Å². The third kappa shape index (κ3) is 4.54. The minimum Gasteiger partial charge on any atom is -0.497 e. The molecule has 1 aromatic heterocycles. The number of carboxylic acids is 1. The van der Waals surface area contributed by atoms with Gasteiger partial charge in [-0.3, -0.25) is 9.88 Å². The Morgan fingerprint density at radius 3 is 2.81 bits per heavy atom. The van der Waals surface area contributed by atoms with E-state index in [1.54, 1.807) is 19.4 Å². The van der Waals surface area contributed by atoms with Crippen molar-refractivity contribution < 1.29 is 19.7 Å². The molecule has 3 aromatic rings. The number of hydrogen-bond donors (Lipinski definition) is 2. The molecule has 6 heteroatoms. The molecule has 0 radical (unpaired) electrons. The van der Waals surface area contributed by atoms with Crippen molar-refractivity contribution in [2.75, 3.05) is 20.2 Å². The van der Waals surface area contributed by atoms with Gasteiger partial charge in [0, 0.05) is 24.2 Å². The molecule has 2 N–H and O–H groups in total. The molecule has 3 saturated heterocycles. The number of fused-ring (bicyclic) bond motifs is 5. The van der Waals surface area contributed by atoms with Gasteiger partial charge < -0.3 is 14.9 Å². The summed E-state index contributed by atoms with van der Waals surface area (Å²) in [6.45, 7) is 6.07. The lowest BCUT2D eigenvalue weighted by Gasteiger charge is -2.50. The largest absolute Gasteiger partial charge is 0.497 e. The van der Waals surface area contributed by atoms with Gasteiger partial charge in [-0.15, -0.1) is 6.58 Å². The van der Waals surface area contributed by atoms with Crippen LogP contribution in [0.3, 0.4) is 0 Å². The first-order valence-corrected chi connectivity index (χ1v) is 12.5. The van der Waals surface area contributed by atoms with Gasteiger partial charge in [0.15, 0.2) is 0 Å². The first-order valence-electron chi connectivity index (χ1n) is 12.5. The van der Waals surface area contributed by atoms with Crippen LogP contribution in [0.4, 0.5) is 0 Å². The normalized spacial score (nSPS) is 24.8. The number of allylic oxidation sites excluding steroid dienone is 1. The Balaban J connectivity index is 0.000000186. The van der Waals surface area contributed by atoms with Crippen LogP contribution < -0.4 is 4.74 Å². The number of hydrogen-bond acceptors (Lipinski definition) is 5. The van der Waals surface area contributed by atoms with E-state index < -0.39 is 12.1 Å². The summed E-state index contributed by atoms with van der Waals surface area (Å²) in [7, 11) is 1.66. The molecule has 0 spiro atoms. The van der Waals surface area contributed by atoms with Crippen molar-refractivity contribution in [3.8, 4) is 5.75 Å². The standard InChI is InChI=1S/C20H24N2O2.C10H8O2/c1-3-13-12-22-9-7-14(13)10-19(22)20(23)16-6-8-21-18-5-4-15(24-2)11-17(16)18;11-10(12)9-6-5-7-3-1-2-4-8(7)9/h3-6,8,11,13-14,19-20,23H,1,7,9-10,12H2,2H3;1-4,6H,5H2,(H,11,12)/t13-,14-,19+,20-;/m0./s1. The molecule has 6 nitrogen and oxygen atoms in total. The van der Waals surface area contributed by atoms with Crippen molar-refractivity contribution >= 4 is 22.4 Å². The molecule has 4 heterocycles. The van der Waals surface area contributed by atoms with Crippen molar-refractivity contribution in [3.05, 3.63) is 90.1 Å². The highest BCUT2D eigenvalue weighted by Crippen LogP contribution is 2.42. The molecule has 0 amide bonds. The lowest BCUT2D eigenvalue weighted by molar-refractivity contribution is -0.130. The van der Waals surface area contributed by atoms with Gasteiger partial charge in [0.05, 0.1) is 24.3 Å². The van der Waals surface area contributed by atoms with Gasteiger partial charge in [-0.1, -0.05) is 36.4 Å². The highest BCUT2D eigenvalue weighted by molar-refractivity contribution is 6.17. The molecule has 4 aliphatic rings. The maximum absolute atomic E-state index is 11.2. The van der Waals surface area contributed by atoms with Crippen LogP contribution in [0.5, 0.6) is 5.75 Å². The third-order valence-electron chi connectivity index (χ3n) is 7.88. The van der Waals surface area contributed by atoms with E-state index in [1.807, 2.05) is 48.5 Å². The van der Waals surface area contributed by atoms with Crippen LogP contribution in [-0.2, 0) is 11.2 Å². The Morgan fingerprint density at radius 1 is 1.25 bits per heavy atom. The smallest absolute Gasteiger partial charge is 0.335 e. The topological polar surface area (TPSA) is 82.9 Å². The van der Waals surface area contributed by atoms with E-state index in [0.717, 1.165) is 59.3 Å². The fourth-order valence-corrected chi connectivity index (χ4v) is 5.93. The molecule has 2 bridgehead atoms. The van der Waals surface area contributed by atoms with Gasteiger partial charge >= 0.3 is 5.97 Å². The number of ether oxygens (including phenoxy) is 1. The Labute approximate surface area is 211 Å². The van der Waals surface area contributed by atoms with Crippen LogP contribution in [0.1, 0.15) is 35.6 Å². The van der Waals surface area contributed by atoms with E-state index >= 15 is 0 Å². The van der Waals surface area contributed by atoms with E-state index in [0.29, 0.717) is 17.4 Å². The van der Waals surface area contributed by atoms with Gasteiger partial charge in [0.2, 0.25) is 0 Å². The Kier molecular flexibility index (Phi) is 6.90. The van der Waals surface area contributed by atoms with Crippen molar-refractivity contribution in [1.82, 2.24) is 9.88 Å². The predicted octanol–water partition coefficient (Wildman–Crippen LogP) is 4.88. The minimum atomic E-state index is -0.833. The van der Waals surface area contributed by atoms with Crippen LogP contribution in [-0.4, -0.2) is 52.3 Å². The number of aliphatic carboxylic acids is 1. The molecular weight excluding hydrogens is 452 g/mol. The van der Waals surface area contributed by atoms with E-state index in [-0.39, 0.29) is 6.04 Å². The average molecular weight is 485 g/mol. The molecule has 1 unspecified atom stereocenters. The molecular formula is C30H32N2O4. The van der Waals surface area contributed by atoms with E-state index in [1.165, 1.54) is 6.42 Å². The van der Waals surface area contributed by atoms with E-state index in [9.17, 15) is 9.90 Å². The number of nitrogens with zero attached hydrogens (tertiary/aromatic N) is 2. The van der Waals surface area contributed by atoms with Crippen LogP contribution in [0.25, 0.3) is 16.5 Å². The molecule has 1 aliphatic carbocycles. The maximum Gasteiger partial charge on any atom is 0.335 e. The zero-order chi connectivity index (χ0) is 25.2. The summed E-state index contributed by atoms with van der Waals surface area (Å²) in [5.74, 6) is 1.17. The summed E-state index contributed by atoms with van der Waals surface area (Å²) in [5, 5.41) is 20.9. The zero-order valence-electron chi connectivity index (χ0n) is 20.5. The monoisotopic (exact) mass is 484 g/mol. The predicted molar refractivity (Wildman–Crippen MR) is 141 cm³/mol. The van der Waals surface area contributed by atoms with Crippen molar-refractivity contribution in [3.63, 3.8) is 0 Å². The minimum absolute atomic E-state index is 0.178. The summed E-state index contributed by atoms with van der Waals surface area (Å²) < 4.78 is 5.35. The van der Waals surface area contributed by atoms with Crippen molar-refractivity contribution in [1.29, 1.82) is 0 Å². The van der Waals surface area contributed by atoms with Crippen LogP contribution >= 0.6 is 0 Å². The van der Waals surface area contributed by atoms with Crippen LogP contribution in [0, 0.1) is 11.8 Å². The summed E-state index contributed by atoms with van der Waals surface area (Å²) in [6.07, 6.45) is 8.13. The number of aliphatic hydroxyl groups is 1. The molecule has 7 rings (SSSR count). The van der Waals surface area contributed by atoms with E-state index in [4.69, 9.17) is 9.84 Å². The number of methoxy groups -OCH3 is 1. The van der Waals surface area contributed by atoms with Crippen LogP contribution in [0.15, 0.2) is 73.5 Å². The molecule has 0 saturated carbocycles. The quantitative estimate of drug-likeness (QED) is 0.502. The van der Waals surface area contributed by atoms with Gasteiger partial charge in [-0.05, 0) is 78.6 Å². The second-order valence-corrected chi connectivity index (χ2v) is 9.76. The number of rotatable bonds is 5. The number of piperidine rings is 3. The molecule has 186 valence electrons. The Bertz CT molecular complexity index is 1320. The summed E-state index contributed by atoms with van der Waals surface area (Å²) in [6, 6.07) is 15.6. The lowest BCUT2D eigenvalue weighted by atomic mass is 9.73. The number of carbonyl (C=O) groups is 1.